The molecule has 0 aromatic heterocycles. The van der Waals surface area contributed by atoms with Crippen LogP contribution in [0.15, 0.2) is 18.2 Å². The quantitative estimate of drug-likeness (QED) is 0.804. The van der Waals surface area contributed by atoms with Crippen molar-refractivity contribution in [3.63, 3.8) is 0 Å². The van der Waals surface area contributed by atoms with Gasteiger partial charge < -0.3 is 5.32 Å². The molecule has 1 aromatic carbocycles. The van der Waals surface area contributed by atoms with Crippen LogP contribution in [0.3, 0.4) is 0 Å². The highest BCUT2D eigenvalue weighted by Gasteiger charge is 2.06. The lowest BCUT2D eigenvalue weighted by atomic mass is 10.1. The largest absolute Gasteiger partial charge is 0.313 e. The molecule has 0 radical (unpaired) electrons. The van der Waals surface area contributed by atoms with Gasteiger partial charge in [-0.1, -0.05) is 43.1 Å². The third-order valence-electron chi connectivity index (χ3n) is 1.86. The summed E-state index contributed by atoms with van der Waals surface area (Å²) in [5.74, 6) is 0. The van der Waals surface area contributed by atoms with Gasteiger partial charge in [-0.3, -0.25) is 0 Å². The Hall–Kier alpha value is -0.240. The Morgan fingerprint density at radius 2 is 1.79 bits per heavy atom. The maximum atomic E-state index is 5.98. The van der Waals surface area contributed by atoms with Gasteiger partial charge in [-0.15, -0.1) is 0 Å². The van der Waals surface area contributed by atoms with E-state index in [-0.39, 0.29) is 6.04 Å². The van der Waals surface area contributed by atoms with Crippen molar-refractivity contribution in [2.45, 2.75) is 26.8 Å². The van der Waals surface area contributed by atoms with Gasteiger partial charge in [-0.25, -0.2) is 0 Å². The van der Waals surface area contributed by atoms with E-state index in [0.717, 1.165) is 5.56 Å². The van der Waals surface area contributed by atoms with E-state index in [9.17, 15) is 0 Å². The molecule has 1 atom stereocenters. The summed E-state index contributed by atoms with van der Waals surface area (Å²) >= 11 is 11.7. The molecule has 0 amide bonds. The zero-order chi connectivity index (χ0) is 11.1. The van der Waals surface area contributed by atoms with Gasteiger partial charge >= 0.3 is 0 Å². The molecule has 1 N–H and O–H groups in total. The number of hydrogen-bond donors (Lipinski definition) is 1. The summed E-state index contributed by atoms with van der Waals surface area (Å²) < 4.78 is 0. The minimum absolute atomic E-state index is 0.259. The molecule has 0 saturated heterocycles. The first-order valence-corrected chi connectivity index (χ1v) is 5.53. The van der Waals surface area contributed by atoms with E-state index in [1.54, 1.807) is 6.07 Å². The molecule has 1 nitrogen and oxygen atoms in total. The molecular weight excluding hydrogens is 217 g/mol. The van der Waals surface area contributed by atoms with Crippen LogP contribution >= 0.6 is 23.2 Å². The van der Waals surface area contributed by atoms with Crippen molar-refractivity contribution >= 4 is 23.2 Å². The second-order valence-corrected chi connectivity index (χ2v) is 3.52. The Balaban J connectivity index is 0.000000791. The van der Waals surface area contributed by atoms with Crippen LogP contribution in [0.4, 0.5) is 0 Å². The van der Waals surface area contributed by atoms with Gasteiger partial charge in [0.15, 0.2) is 0 Å². The Morgan fingerprint density at radius 1 is 1.21 bits per heavy atom. The highest BCUT2D eigenvalue weighted by atomic mass is 35.5. The third-order valence-corrected chi connectivity index (χ3v) is 2.42. The summed E-state index contributed by atoms with van der Waals surface area (Å²) in [7, 11) is 1.90. The minimum atomic E-state index is 0.259. The molecule has 0 aliphatic carbocycles. The second-order valence-electron chi connectivity index (χ2n) is 2.68. The predicted octanol–water partition coefficient (Wildman–Crippen LogP) is 4.30. The van der Waals surface area contributed by atoms with Gasteiger partial charge in [0.1, 0.15) is 0 Å². The lowest BCUT2D eigenvalue weighted by Gasteiger charge is -2.12. The SMILES string of the molecule is CC.CNC(C)c1ccc(Cl)cc1Cl. The van der Waals surface area contributed by atoms with Crippen molar-refractivity contribution < 1.29 is 0 Å². The molecule has 14 heavy (non-hydrogen) atoms. The molecular formula is C11H17Cl2N. The average Bonchev–Trinajstić information content (AvgIpc) is 2.20. The average molecular weight is 234 g/mol. The van der Waals surface area contributed by atoms with Crippen molar-refractivity contribution in [3.8, 4) is 0 Å². The number of benzene rings is 1. The van der Waals surface area contributed by atoms with Crippen LogP contribution in [0, 0.1) is 0 Å². The fourth-order valence-electron chi connectivity index (χ4n) is 1.01. The predicted molar refractivity (Wildman–Crippen MR) is 65.3 cm³/mol. The van der Waals surface area contributed by atoms with Crippen molar-refractivity contribution in [3.05, 3.63) is 33.8 Å². The molecule has 80 valence electrons. The Bertz CT molecular complexity index is 274. The van der Waals surface area contributed by atoms with Crippen LogP contribution in [0.2, 0.25) is 10.0 Å². The zero-order valence-corrected chi connectivity index (χ0v) is 10.6. The van der Waals surface area contributed by atoms with Crippen LogP contribution in [0.1, 0.15) is 32.4 Å². The molecule has 1 aromatic rings. The van der Waals surface area contributed by atoms with Crippen LogP contribution in [0.5, 0.6) is 0 Å². The van der Waals surface area contributed by atoms with E-state index in [4.69, 9.17) is 23.2 Å². The van der Waals surface area contributed by atoms with Crippen molar-refractivity contribution in [1.29, 1.82) is 0 Å². The monoisotopic (exact) mass is 233 g/mol. The number of nitrogens with one attached hydrogen (secondary N) is 1. The molecule has 0 heterocycles. The first kappa shape index (κ1) is 13.8. The fraction of sp³-hybridized carbons (Fsp3) is 0.455. The van der Waals surface area contributed by atoms with Crippen LogP contribution < -0.4 is 5.32 Å². The summed E-state index contributed by atoms with van der Waals surface area (Å²) in [5, 5.41) is 4.50. The van der Waals surface area contributed by atoms with Gasteiger partial charge in [-0.05, 0) is 31.7 Å². The Labute approximate surface area is 96.4 Å². The second kappa shape index (κ2) is 7.10. The summed E-state index contributed by atoms with van der Waals surface area (Å²) in [5.41, 5.74) is 1.07. The summed E-state index contributed by atoms with van der Waals surface area (Å²) in [6.45, 7) is 6.05. The van der Waals surface area contributed by atoms with E-state index in [2.05, 4.69) is 12.2 Å². The third kappa shape index (κ3) is 3.87. The highest BCUT2D eigenvalue weighted by molar-refractivity contribution is 6.35. The van der Waals surface area contributed by atoms with Gasteiger partial charge in [0.25, 0.3) is 0 Å². The van der Waals surface area contributed by atoms with Gasteiger partial charge in [0.2, 0.25) is 0 Å². The molecule has 0 aliphatic heterocycles. The standard InChI is InChI=1S/C9H11Cl2N.C2H6/c1-6(12-2)8-4-3-7(10)5-9(8)11;1-2/h3-6,12H,1-2H3;1-2H3. The Morgan fingerprint density at radius 3 is 2.21 bits per heavy atom. The first-order valence-electron chi connectivity index (χ1n) is 4.77. The van der Waals surface area contributed by atoms with Gasteiger partial charge in [0.05, 0.1) is 0 Å². The molecule has 0 saturated carbocycles. The van der Waals surface area contributed by atoms with Crippen LogP contribution in [-0.4, -0.2) is 7.05 Å². The summed E-state index contributed by atoms with van der Waals surface area (Å²) in [6, 6.07) is 5.80. The molecule has 0 bridgehead atoms. The molecule has 0 fully saturated rings. The van der Waals surface area contributed by atoms with Gasteiger partial charge in [-0.2, -0.15) is 0 Å². The van der Waals surface area contributed by atoms with E-state index < -0.39 is 0 Å². The minimum Gasteiger partial charge on any atom is -0.313 e. The fourth-order valence-corrected chi connectivity index (χ4v) is 1.58. The number of hydrogen-bond acceptors (Lipinski definition) is 1. The highest BCUT2D eigenvalue weighted by Crippen LogP contribution is 2.25. The van der Waals surface area contributed by atoms with Crippen molar-refractivity contribution in [1.82, 2.24) is 5.32 Å². The molecule has 1 rings (SSSR count). The van der Waals surface area contributed by atoms with E-state index >= 15 is 0 Å². The first-order chi connectivity index (χ1) is 6.65. The van der Waals surface area contributed by atoms with Crippen LogP contribution in [-0.2, 0) is 0 Å². The van der Waals surface area contributed by atoms with Crippen molar-refractivity contribution in [2.75, 3.05) is 7.05 Å². The molecule has 0 aliphatic rings. The van der Waals surface area contributed by atoms with Crippen LogP contribution in [0.25, 0.3) is 0 Å². The molecule has 0 spiro atoms. The zero-order valence-electron chi connectivity index (χ0n) is 9.07. The topological polar surface area (TPSA) is 12.0 Å². The van der Waals surface area contributed by atoms with Crippen molar-refractivity contribution in [2.24, 2.45) is 0 Å². The maximum Gasteiger partial charge on any atom is 0.0468 e. The lowest BCUT2D eigenvalue weighted by molar-refractivity contribution is 0.652. The van der Waals surface area contributed by atoms with E-state index in [1.807, 2.05) is 33.0 Å². The van der Waals surface area contributed by atoms with E-state index in [0.29, 0.717) is 10.0 Å². The smallest absolute Gasteiger partial charge is 0.0468 e. The Kier molecular flexibility index (Phi) is 6.98. The maximum absolute atomic E-state index is 5.98. The summed E-state index contributed by atoms with van der Waals surface area (Å²) in [4.78, 5) is 0. The van der Waals surface area contributed by atoms with E-state index in [1.165, 1.54) is 0 Å². The molecule has 1 unspecified atom stereocenters. The lowest BCUT2D eigenvalue weighted by Crippen LogP contribution is -2.12. The normalized spacial score (nSPS) is 11.6. The van der Waals surface area contributed by atoms with Gasteiger partial charge in [0, 0.05) is 16.1 Å². The number of rotatable bonds is 2. The number of halogens is 2. The molecule has 3 heteroatoms. The summed E-state index contributed by atoms with van der Waals surface area (Å²) in [6.07, 6.45) is 0.